The molecular weight excluding hydrogens is 314 g/mol. The number of rotatable bonds is 5. The maximum absolute atomic E-state index is 12.4. The lowest BCUT2D eigenvalue weighted by Gasteiger charge is -2.25. The largest absolute Gasteiger partial charge is 0.379 e. The Bertz CT molecular complexity index is 597. The normalized spacial score (nSPS) is 18.3. The molecule has 0 bridgehead atoms. The number of pyridine rings is 1. The van der Waals surface area contributed by atoms with Crippen molar-refractivity contribution in [3.05, 3.63) is 18.3 Å². The van der Waals surface area contributed by atoms with Gasteiger partial charge in [0.2, 0.25) is 15.9 Å². The summed E-state index contributed by atoms with van der Waals surface area (Å²) in [4.78, 5) is 15.2. The van der Waals surface area contributed by atoms with E-state index < -0.39 is 21.2 Å². The first-order chi connectivity index (χ1) is 9.91. The van der Waals surface area contributed by atoms with Gasteiger partial charge in [-0.05, 0) is 19.1 Å². The highest BCUT2D eigenvalue weighted by Crippen LogP contribution is 2.23. The van der Waals surface area contributed by atoms with Gasteiger partial charge >= 0.3 is 0 Å². The maximum atomic E-state index is 12.4. The van der Waals surface area contributed by atoms with Crippen LogP contribution >= 0.6 is 11.8 Å². The van der Waals surface area contributed by atoms with E-state index in [1.165, 1.54) is 28.3 Å². The Labute approximate surface area is 127 Å². The molecule has 1 aliphatic rings. The molecule has 0 saturated carbocycles. The molecule has 1 atom stereocenters. The van der Waals surface area contributed by atoms with Gasteiger partial charge in [0.05, 0.1) is 23.5 Å². The standard InChI is InChI=1S/C12H17N3O4S2/c1-9(12(13)16)20-11-3-2-10(8-14-11)21(17,18)15-4-6-19-7-5-15/h2-3,8-9H,4-7H2,1H3,(H2,13,16)/t9-/m1/s1. The Morgan fingerprint density at radius 3 is 2.62 bits per heavy atom. The Hall–Kier alpha value is -1.16. The summed E-state index contributed by atoms with van der Waals surface area (Å²) in [6.45, 7) is 3.16. The summed E-state index contributed by atoms with van der Waals surface area (Å²) in [5.74, 6) is -0.438. The van der Waals surface area contributed by atoms with Gasteiger partial charge in [0.15, 0.2) is 0 Å². The van der Waals surface area contributed by atoms with Crippen molar-refractivity contribution >= 4 is 27.7 Å². The minimum Gasteiger partial charge on any atom is -0.379 e. The SMILES string of the molecule is C[C@@H](Sc1ccc(S(=O)(=O)N2CCOCC2)cn1)C(N)=O. The van der Waals surface area contributed by atoms with Gasteiger partial charge in [0, 0.05) is 19.3 Å². The van der Waals surface area contributed by atoms with Crippen molar-refractivity contribution < 1.29 is 17.9 Å². The fourth-order valence-corrected chi connectivity index (χ4v) is 3.86. The molecule has 21 heavy (non-hydrogen) atoms. The summed E-state index contributed by atoms with van der Waals surface area (Å²) in [6.07, 6.45) is 1.31. The molecule has 0 aromatic carbocycles. The Morgan fingerprint density at radius 2 is 2.10 bits per heavy atom. The monoisotopic (exact) mass is 331 g/mol. The molecule has 0 aliphatic carbocycles. The van der Waals surface area contributed by atoms with Crippen LogP contribution < -0.4 is 5.73 Å². The molecule has 0 spiro atoms. The molecule has 1 aromatic heterocycles. The van der Waals surface area contributed by atoms with Gasteiger partial charge < -0.3 is 10.5 Å². The van der Waals surface area contributed by atoms with Crippen molar-refractivity contribution in [2.45, 2.75) is 22.1 Å². The van der Waals surface area contributed by atoms with Gasteiger partial charge in [-0.1, -0.05) is 11.8 Å². The van der Waals surface area contributed by atoms with Crippen LogP contribution in [0.25, 0.3) is 0 Å². The van der Waals surface area contributed by atoms with Crippen molar-refractivity contribution in [3.63, 3.8) is 0 Å². The van der Waals surface area contributed by atoms with E-state index in [0.29, 0.717) is 31.3 Å². The molecule has 7 nitrogen and oxygen atoms in total. The van der Waals surface area contributed by atoms with Crippen LogP contribution in [-0.2, 0) is 19.6 Å². The topological polar surface area (TPSA) is 103 Å². The van der Waals surface area contributed by atoms with E-state index in [0.717, 1.165) is 0 Å². The smallest absolute Gasteiger partial charge is 0.244 e. The highest BCUT2D eigenvalue weighted by molar-refractivity contribution is 8.00. The highest BCUT2D eigenvalue weighted by atomic mass is 32.2. The van der Waals surface area contributed by atoms with E-state index in [-0.39, 0.29) is 4.90 Å². The molecule has 1 aliphatic heterocycles. The maximum Gasteiger partial charge on any atom is 0.244 e. The fraction of sp³-hybridized carbons (Fsp3) is 0.500. The molecule has 116 valence electrons. The third-order valence-electron chi connectivity index (χ3n) is 3.02. The number of thioether (sulfide) groups is 1. The van der Waals surface area contributed by atoms with Crippen molar-refractivity contribution in [1.82, 2.24) is 9.29 Å². The van der Waals surface area contributed by atoms with E-state index in [2.05, 4.69) is 4.98 Å². The lowest BCUT2D eigenvalue weighted by molar-refractivity contribution is -0.117. The van der Waals surface area contributed by atoms with Crippen LogP contribution in [-0.4, -0.2) is 55.2 Å². The summed E-state index contributed by atoms with van der Waals surface area (Å²) in [5, 5.41) is 0.140. The first kappa shape index (κ1) is 16.2. The molecular formula is C12H17N3O4S2. The van der Waals surface area contributed by atoms with Crippen LogP contribution in [0.15, 0.2) is 28.3 Å². The van der Waals surface area contributed by atoms with Crippen LogP contribution in [0.1, 0.15) is 6.92 Å². The summed E-state index contributed by atoms with van der Waals surface area (Å²) in [6, 6.07) is 3.07. The number of hydrogen-bond acceptors (Lipinski definition) is 6. The zero-order valence-electron chi connectivity index (χ0n) is 11.6. The third kappa shape index (κ3) is 3.94. The van der Waals surface area contributed by atoms with Gasteiger partial charge in [0.25, 0.3) is 0 Å². The molecule has 2 N–H and O–H groups in total. The lowest BCUT2D eigenvalue weighted by atomic mass is 10.5. The van der Waals surface area contributed by atoms with E-state index in [1.54, 1.807) is 13.0 Å². The van der Waals surface area contributed by atoms with Crippen LogP contribution in [0, 0.1) is 0 Å². The first-order valence-electron chi connectivity index (χ1n) is 6.41. The number of carbonyl (C=O) groups is 1. The minimum atomic E-state index is -3.53. The number of hydrogen-bond donors (Lipinski definition) is 1. The number of sulfonamides is 1. The molecule has 2 heterocycles. The lowest BCUT2D eigenvalue weighted by Crippen LogP contribution is -2.40. The molecule has 0 unspecified atom stereocenters. The van der Waals surface area contributed by atoms with Gasteiger partial charge in [0.1, 0.15) is 4.90 Å². The Balaban J connectivity index is 2.12. The molecule has 1 fully saturated rings. The average Bonchev–Trinajstić information content (AvgIpc) is 2.48. The minimum absolute atomic E-state index is 0.139. The Morgan fingerprint density at radius 1 is 1.43 bits per heavy atom. The number of ether oxygens (including phenoxy) is 1. The number of nitrogens with zero attached hydrogens (tertiary/aromatic N) is 2. The fourth-order valence-electron chi connectivity index (χ4n) is 1.76. The number of amides is 1. The Kier molecular flexibility index (Phi) is 5.20. The quantitative estimate of drug-likeness (QED) is 0.766. The molecule has 1 aromatic rings. The zero-order chi connectivity index (χ0) is 15.5. The van der Waals surface area contributed by atoms with Gasteiger partial charge in [-0.25, -0.2) is 13.4 Å². The predicted octanol–water partition coefficient (Wildman–Crippen LogP) is 0.0684. The van der Waals surface area contributed by atoms with Crippen LogP contribution in [0.3, 0.4) is 0 Å². The summed E-state index contributed by atoms with van der Waals surface area (Å²) < 4.78 is 31.3. The van der Waals surface area contributed by atoms with Crippen molar-refractivity contribution in [2.75, 3.05) is 26.3 Å². The van der Waals surface area contributed by atoms with E-state index in [4.69, 9.17) is 10.5 Å². The number of aromatic nitrogens is 1. The molecule has 2 rings (SSSR count). The van der Waals surface area contributed by atoms with Crippen molar-refractivity contribution in [3.8, 4) is 0 Å². The van der Waals surface area contributed by atoms with Gasteiger partial charge in [-0.15, -0.1) is 0 Å². The summed E-state index contributed by atoms with van der Waals surface area (Å²) in [5.41, 5.74) is 5.18. The van der Waals surface area contributed by atoms with Crippen molar-refractivity contribution in [2.24, 2.45) is 5.73 Å². The van der Waals surface area contributed by atoms with E-state index >= 15 is 0 Å². The van der Waals surface area contributed by atoms with E-state index in [1.807, 2.05) is 0 Å². The van der Waals surface area contributed by atoms with Crippen LogP contribution in [0.2, 0.25) is 0 Å². The van der Waals surface area contributed by atoms with Crippen LogP contribution in [0.5, 0.6) is 0 Å². The van der Waals surface area contributed by atoms with Crippen LogP contribution in [0.4, 0.5) is 0 Å². The highest BCUT2D eigenvalue weighted by Gasteiger charge is 2.26. The van der Waals surface area contributed by atoms with E-state index in [9.17, 15) is 13.2 Å². The number of morpholine rings is 1. The average molecular weight is 331 g/mol. The zero-order valence-corrected chi connectivity index (χ0v) is 13.2. The summed E-state index contributed by atoms with van der Waals surface area (Å²) >= 11 is 1.19. The number of primary amides is 1. The molecule has 1 saturated heterocycles. The second-order valence-electron chi connectivity index (χ2n) is 4.51. The molecule has 0 radical (unpaired) electrons. The summed E-state index contributed by atoms with van der Waals surface area (Å²) in [7, 11) is -3.53. The first-order valence-corrected chi connectivity index (χ1v) is 8.73. The predicted molar refractivity (Wildman–Crippen MR) is 78.3 cm³/mol. The number of carbonyl (C=O) groups excluding carboxylic acids is 1. The van der Waals surface area contributed by atoms with Gasteiger partial charge in [-0.2, -0.15) is 4.31 Å². The molecule has 9 heteroatoms. The second-order valence-corrected chi connectivity index (χ2v) is 7.81. The molecule has 1 amide bonds. The number of nitrogens with two attached hydrogens (primary N) is 1. The van der Waals surface area contributed by atoms with Gasteiger partial charge in [-0.3, -0.25) is 4.79 Å². The second kappa shape index (κ2) is 6.73. The third-order valence-corrected chi connectivity index (χ3v) is 5.97. The van der Waals surface area contributed by atoms with Crippen molar-refractivity contribution in [1.29, 1.82) is 0 Å².